The third kappa shape index (κ3) is 2.90. The number of fused-ring (bicyclic) bond motifs is 1. The number of hydrogen-bond acceptors (Lipinski definition) is 2. The molecule has 4 heteroatoms. The number of aryl methyl sites for hydroxylation is 2. The molecule has 4 nitrogen and oxygen atoms in total. The number of nitrogens with zero attached hydrogens (tertiary/aromatic N) is 2. The van der Waals surface area contributed by atoms with E-state index in [0.29, 0.717) is 6.04 Å². The number of aromatic nitrogens is 2. The minimum atomic E-state index is -0.0295. The second kappa shape index (κ2) is 6.19. The largest absolute Gasteiger partial charge is 0.307 e. The second-order valence-corrected chi connectivity index (χ2v) is 6.74. The number of hydrogen-bond donors (Lipinski definition) is 1. The smallest absolute Gasteiger partial charge is 0.256 e. The van der Waals surface area contributed by atoms with Crippen molar-refractivity contribution in [1.82, 2.24) is 9.78 Å². The molecule has 0 bridgehead atoms. The lowest BCUT2D eigenvalue weighted by atomic mass is 9.90. The van der Waals surface area contributed by atoms with Crippen molar-refractivity contribution in [2.45, 2.75) is 57.4 Å². The maximum Gasteiger partial charge on any atom is 0.256 e. The van der Waals surface area contributed by atoms with Crippen molar-refractivity contribution >= 4 is 11.7 Å². The van der Waals surface area contributed by atoms with Crippen LogP contribution < -0.4 is 5.32 Å². The highest BCUT2D eigenvalue weighted by molar-refractivity contribution is 6.04. The van der Waals surface area contributed by atoms with Crippen LogP contribution in [0.25, 0.3) is 0 Å². The van der Waals surface area contributed by atoms with Crippen molar-refractivity contribution in [3.05, 3.63) is 47.2 Å². The van der Waals surface area contributed by atoms with Gasteiger partial charge in [-0.15, -0.1) is 0 Å². The van der Waals surface area contributed by atoms with Gasteiger partial charge in [-0.1, -0.05) is 18.9 Å². The quantitative estimate of drug-likeness (QED) is 0.926. The van der Waals surface area contributed by atoms with Crippen LogP contribution in [0.5, 0.6) is 0 Å². The topological polar surface area (TPSA) is 46.9 Å². The van der Waals surface area contributed by atoms with E-state index in [1.54, 1.807) is 6.20 Å². The van der Waals surface area contributed by atoms with Crippen molar-refractivity contribution < 1.29 is 4.79 Å². The molecule has 23 heavy (non-hydrogen) atoms. The number of benzene rings is 1. The van der Waals surface area contributed by atoms with Gasteiger partial charge in [-0.3, -0.25) is 4.79 Å². The summed E-state index contributed by atoms with van der Waals surface area (Å²) >= 11 is 0. The zero-order valence-corrected chi connectivity index (χ0v) is 13.4. The van der Waals surface area contributed by atoms with Crippen molar-refractivity contribution in [1.29, 1.82) is 0 Å². The zero-order chi connectivity index (χ0) is 15.6. The Morgan fingerprint density at radius 2 is 1.83 bits per heavy atom. The predicted octanol–water partition coefficient (Wildman–Crippen LogP) is 4.13. The SMILES string of the molecule is O=C(Nc1ccnn1C1CCCC1)c1ccc2c(c1)CCCC2. The van der Waals surface area contributed by atoms with E-state index in [2.05, 4.69) is 22.5 Å². The summed E-state index contributed by atoms with van der Waals surface area (Å²) in [5, 5.41) is 7.47. The van der Waals surface area contributed by atoms with Gasteiger partial charge in [0, 0.05) is 11.6 Å². The predicted molar refractivity (Wildman–Crippen MR) is 90.8 cm³/mol. The van der Waals surface area contributed by atoms with Crippen LogP contribution in [0, 0.1) is 0 Å². The van der Waals surface area contributed by atoms with Crippen LogP contribution in [-0.2, 0) is 12.8 Å². The number of carbonyl (C=O) groups is 1. The highest BCUT2D eigenvalue weighted by Crippen LogP contribution is 2.31. The van der Waals surface area contributed by atoms with Gasteiger partial charge in [-0.05, 0) is 61.8 Å². The summed E-state index contributed by atoms with van der Waals surface area (Å²) in [5.74, 6) is 0.790. The fourth-order valence-corrected chi connectivity index (χ4v) is 3.92. The Bertz CT molecular complexity index is 713. The van der Waals surface area contributed by atoms with Gasteiger partial charge in [0.2, 0.25) is 0 Å². The first-order valence-electron chi connectivity index (χ1n) is 8.78. The van der Waals surface area contributed by atoms with Crippen molar-refractivity contribution in [2.24, 2.45) is 0 Å². The van der Waals surface area contributed by atoms with Crippen LogP contribution >= 0.6 is 0 Å². The highest BCUT2D eigenvalue weighted by Gasteiger charge is 2.21. The number of rotatable bonds is 3. The van der Waals surface area contributed by atoms with Crippen LogP contribution in [0.2, 0.25) is 0 Å². The second-order valence-electron chi connectivity index (χ2n) is 6.74. The van der Waals surface area contributed by atoms with Gasteiger partial charge in [-0.2, -0.15) is 5.10 Å². The molecule has 2 aromatic rings. The Kier molecular flexibility index (Phi) is 3.90. The lowest BCUT2D eigenvalue weighted by Gasteiger charge is -2.17. The van der Waals surface area contributed by atoms with E-state index in [9.17, 15) is 4.79 Å². The molecule has 2 aliphatic rings. The third-order valence-corrected chi connectivity index (χ3v) is 5.19. The number of anilines is 1. The van der Waals surface area contributed by atoms with Crippen LogP contribution in [0.3, 0.4) is 0 Å². The average molecular weight is 309 g/mol. The van der Waals surface area contributed by atoms with Crippen LogP contribution in [0.15, 0.2) is 30.5 Å². The molecule has 1 aromatic carbocycles. The molecule has 1 amide bonds. The summed E-state index contributed by atoms with van der Waals surface area (Å²) in [6.07, 6.45) is 11.3. The Balaban J connectivity index is 1.53. The molecule has 1 heterocycles. The number of carbonyl (C=O) groups excluding carboxylic acids is 1. The minimum Gasteiger partial charge on any atom is -0.307 e. The zero-order valence-electron chi connectivity index (χ0n) is 13.4. The van der Waals surface area contributed by atoms with Gasteiger partial charge in [0.15, 0.2) is 0 Å². The van der Waals surface area contributed by atoms with Crippen molar-refractivity contribution in [2.75, 3.05) is 5.32 Å². The van der Waals surface area contributed by atoms with E-state index < -0.39 is 0 Å². The normalized spacial score (nSPS) is 17.9. The van der Waals surface area contributed by atoms with Crippen LogP contribution in [0.4, 0.5) is 5.82 Å². The molecular formula is C19H23N3O. The van der Waals surface area contributed by atoms with Gasteiger partial charge in [0.1, 0.15) is 5.82 Å². The first-order valence-corrected chi connectivity index (χ1v) is 8.78. The van der Waals surface area contributed by atoms with Gasteiger partial charge < -0.3 is 5.32 Å². The summed E-state index contributed by atoms with van der Waals surface area (Å²) in [4.78, 5) is 12.6. The Morgan fingerprint density at radius 1 is 1.04 bits per heavy atom. The molecule has 2 aliphatic carbocycles. The molecule has 0 radical (unpaired) electrons. The molecule has 1 N–H and O–H groups in total. The van der Waals surface area contributed by atoms with Crippen LogP contribution in [-0.4, -0.2) is 15.7 Å². The lowest BCUT2D eigenvalue weighted by Crippen LogP contribution is -2.18. The lowest BCUT2D eigenvalue weighted by molar-refractivity contribution is 0.102. The molecule has 1 fully saturated rings. The maximum atomic E-state index is 12.6. The van der Waals surface area contributed by atoms with E-state index in [0.717, 1.165) is 37.1 Å². The summed E-state index contributed by atoms with van der Waals surface area (Å²) < 4.78 is 1.99. The van der Waals surface area contributed by atoms with Crippen molar-refractivity contribution in [3.8, 4) is 0 Å². The monoisotopic (exact) mass is 309 g/mol. The van der Waals surface area contributed by atoms with Gasteiger partial charge in [0.05, 0.1) is 12.2 Å². The summed E-state index contributed by atoms with van der Waals surface area (Å²) in [7, 11) is 0. The first kappa shape index (κ1) is 14.5. The molecule has 120 valence electrons. The number of amides is 1. The average Bonchev–Trinajstić information content (AvgIpc) is 3.25. The van der Waals surface area contributed by atoms with E-state index in [1.807, 2.05) is 16.8 Å². The highest BCUT2D eigenvalue weighted by atomic mass is 16.1. The Hall–Kier alpha value is -2.10. The molecule has 1 aromatic heterocycles. The van der Waals surface area contributed by atoms with Crippen molar-refractivity contribution in [3.63, 3.8) is 0 Å². The third-order valence-electron chi connectivity index (χ3n) is 5.19. The van der Waals surface area contributed by atoms with E-state index in [-0.39, 0.29) is 5.91 Å². The standard InChI is InChI=1S/C19H23N3O/c23-19(16-10-9-14-5-1-2-6-15(14)13-16)21-18-11-12-20-22(18)17-7-3-4-8-17/h9-13,17H,1-8H2,(H,21,23). The van der Waals surface area contributed by atoms with E-state index in [1.165, 1.54) is 36.8 Å². The first-order chi connectivity index (χ1) is 11.3. The molecule has 0 saturated heterocycles. The van der Waals surface area contributed by atoms with Gasteiger partial charge in [0.25, 0.3) is 5.91 Å². The molecular weight excluding hydrogens is 286 g/mol. The fourth-order valence-electron chi connectivity index (χ4n) is 3.92. The fraction of sp³-hybridized carbons (Fsp3) is 0.474. The summed E-state index contributed by atoms with van der Waals surface area (Å²) in [5.41, 5.74) is 3.50. The maximum absolute atomic E-state index is 12.6. The molecule has 4 rings (SSSR count). The van der Waals surface area contributed by atoms with Gasteiger partial charge >= 0.3 is 0 Å². The minimum absolute atomic E-state index is 0.0295. The Morgan fingerprint density at radius 3 is 2.65 bits per heavy atom. The molecule has 0 atom stereocenters. The van der Waals surface area contributed by atoms with E-state index >= 15 is 0 Å². The van der Waals surface area contributed by atoms with Crippen LogP contribution in [0.1, 0.15) is 66.1 Å². The molecule has 0 unspecified atom stereocenters. The Labute approximate surface area is 136 Å². The molecule has 0 spiro atoms. The number of nitrogens with one attached hydrogen (secondary N) is 1. The summed E-state index contributed by atoms with van der Waals surface area (Å²) in [6.45, 7) is 0. The molecule has 1 saturated carbocycles. The van der Waals surface area contributed by atoms with Gasteiger partial charge in [-0.25, -0.2) is 4.68 Å². The summed E-state index contributed by atoms with van der Waals surface area (Å²) in [6, 6.07) is 8.48. The van der Waals surface area contributed by atoms with E-state index in [4.69, 9.17) is 0 Å². The molecule has 0 aliphatic heterocycles.